The highest BCUT2D eigenvalue weighted by molar-refractivity contribution is 7.97. The largest absolute Gasteiger partial charge is 0.352 e. The van der Waals surface area contributed by atoms with E-state index in [0.717, 1.165) is 49.8 Å². The summed E-state index contributed by atoms with van der Waals surface area (Å²) >= 11 is 1.78. The fraction of sp³-hybridized carbons (Fsp3) is 0.435. The number of aromatic nitrogens is 1. The van der Waals surface area contributed by atoms with Gasteiger partial charge in [-0.3, -0.25) is 9.52 Å². The fourth-order valence-electron chi connectivity index (χ4n) is 3.56. The van der Waals surface area contributed by atoms with Crippen molar-refractivity contribution in [2.75, 3.05) is 13.1 Å². The van der Waals surface area contributed by atoms with E-state index in [2.05, 4.69) is 65.7 Å². The molecule has 0 saturated heterocycles. The third-order valence-electron chi connectivity index (χ3n) is 4.91. The molecule has 0 unspecified atom stereocenters. The Hall–Kier alpha value is -1.98. The predicted molar refractivity (Wildman–Crippen MR) is 122 cm³/mol. The summed E-state index contributed by atoms with van der Waals surface area (Å²) in [7, 11) is 0. The van der Waals surface area contributed by atoms with Crippen molar-refractivity contribution in [1.82, 2.24) is 14.6 Å². The summed E-state index contributed by atoms with van der Waals surface area (Å²) in [6.07, 6.45) is 3.27. The molecule has 0 aliphatic heterocycles. The lowest BCUT2D eigenvalue weighted by Crippen LogP contribution is -2.24. The molecule has 1 aromatic heterocycles. The molecule has 4 nitrogen and oxygen atoms in total. The summed E-state index contributed by atoms with van der Waals surface area (Å²) in [5, 5.41) is 6.04. The number of nitrogens with one attached hydrogen (secondary N) is 2. The first-order chi connectivity index (χ1) is 13.6. The van der Waals surface area contributed by atoms with Crippen LogP contribution in [0.5, 0.6) is 0 Å². The van der Waals surface area contributed by atoms with Gasteiger partial charge in [-0.15, -0.1) is 0 Å². The van der Waals surface area contributed by atoms with Gasteiger partial charge in [-0.2, -0.15) is 0 Å². The molecule has 0 aliphatic rings. The SMILES string of the molecule is CCn1c2ccccc2c2cc(C(=O)NCCCCCNSC(C)C)ccc21. The van der Waals surface area contributed by atoms with E-state index in [0.29, 0.717) is 5.25 Å². The monoisotopic (exact) mass is 397 g/mol. The van der Waals surface area contributed by atoms with Crippen molar-refractivity contribution in [2.45, 2.75) is 51.8 Å². The third kappa shape index (κ3) is 4.89. The first-order valence-electron chi connectivity index (χ1n) is 10.3. The quantitative estimate of drug-likeness (QED) is 0.357. The van der Waals surface area contributed by atoms with Gasteiger partial charge in [0.1, 0.15) is 0 Å². The minimum Gasteiger partial charge on any atom is -0.352 e. The lowest BCUT2D eigenvalue weighted by Gasteiger charge is -2.08. The van der Waals surface area contributed by atoms with Gasteiger partial charge in [0, 0.05) is 52.3 Å². The van der Waals surface area contributed by atoms with Gasteiger partial charge in [0.15, 0.2) is 0 Å². The zero-order valence-electron chi connectivity index (χ0n) is 17.1. The molecule has 5 heteroatoms. The zero-order valence-corrected chi connectivity index (χ0v) is 17.9. The Morgan fingerprint density at radius 2 is 1.75 bits per heavy atom. The number of para-hydroxylation sites is 1. The number of unbranched alkanes of at least 4 members (excludes halogenated alkanes) is 2. The van der Waals surface area contributed by atoms with Gasteiger partial charge in [0.2, 0.25) is 0 Å². The number of fused-ring (bicyclic) bond motifs is 3. The van der Waals surface area contributed by atoms with Crippen LogP contribution < -0.4 is 10.0 Å². The van der Waals surface area contributed by atoms with Crippen molar-refractivity contribution < 1.29 is 4.79 Å². The molecule has 28 heavy (non-hydrogen) atoms. The minimum absolute atomic E-state index is 0.0173. The Bertz CT molecular complexity index is 932. The third-order valence-corrected chi connectivity index (χ3v) is 5.75. The molecule has 2 aromatic carbocycles. The molecule has 0 radical (unpaired) electrons. The van der Waals surface area contributed by atoms with Crippen molar-refractivity contribution in [2.24, 2.45) is 0 Å². The summed E-state index contributed by atoms with van der Waals surface area (Å²) in [5.41, 5.74) is 3.15. The van der Waals surface area contributed by atoms with Gasteiger partial charge >= 0.3 is 0 Å². The molecule has 2 N–H and O–H groups in total. The Balaban J connectivity index is 1.57. The molecule has 0 aliphatic carbocycles. The first-order valence-corrected chi connectivity index (χ1v) is 11.2. The van der Waals surface area contributed by atoms with E-state index < -0.39 is 0 Å². The highest BCUT2D eigenvalue weighted by Crippen LogP contribution is 2.29. The molecular weight excluding hydrogens is 366 g/mol. The van der Waals surface area contributed by atoms with Gasteiger partial charge in [0.05, 0.1) is 0 Å². The summed E-state index contributed by atoms with van der Waals surface area (Å²) < 4.78 is 5.68. The van der Waals surface area contributed by atoms with Crippen molar-refractivity contribution in [3.63, 3.8) is 0 Å². The standard InChI is InChI=1S/C23H31N3OS/c1-4-26-21-11-7-6-10-19(21)20-16-18(12-13-22(20)26)23(27)24-14-8-5-9-15-25-28-17(2)3/h6-7,10-13,16-17,25H,4-5,8-9,14-15H2,1-3H3,(H,24,27). The lowest BCUT2D eigenvalue weighted by molar-refractivity contribution is 0.0953. The number of amides is 1. The molecule has 3 rings (SSSR count). The second-order valence-corrected chi connectivity index (χ2v) is 8.84. The molecule has 3 aromatic rings. The summed E-state index contributed by atoms with van der Waals surface area (Å²) in [6, 6.07) is 14.5. The van der Waals surface area contributed by atoms with Crippen molar-refractivity contribution >= 4 is 39.7 Å². The van der Waals surface area contributed by atoms with E-state index in [9.17, 15) is 4.79 Å². The molecule has 0 atom stereocenters. The van der Waals surface area contributed by atoms with Crippen LogP contribution in [0.4, 0.5) is 0 Å². The van der Waals surface area contributed by atoms with E-state index in [4.69, 9.17) is 0 Å². The predicted octanol–water partition coefficient (Wildman–Crippen LogP) is 5.36. The molecular formula is C23H31N3OS. The average Bonchev–Trinajstić information content (AvgIpc) is 3.02. The number of aryl methyl sites for hydroxylation is 1. The molecule has 0 bridgehead atoms. The molecule has 1 heterocycles. The zero-order chi connectivity index (χ0) is 19.9. The van der Waals surface area contributed by atoms with E-state index in [1.807, 2.05) is 12.1 Å². The van der Waals surface area contributed by atoms with Crippen LogP contribution in [0.1, 0.15) is 50.4 Å². The van der Waals surface area contributed by atoms with Crippen LogP contribution in [0, 0.1) is 0 Å². The van der Waals surface area contributed by atoms with E-state index >= 15 is 0 Å². The lowest BCUT2D eigenvalue weighted by atomic mass is 10.1. The molecule has 150 valence electrons. The molecule has 0 saturated carbocycles. The number of benzene rings is 2. The Kier molecular flexibility index (Phi) is 7.40. The van der Waals surface area contributed by atoms with Crippen LogP contribution in [-0.2, 0) is 6.54 Å². The summed E-state index contributed by atoms with van der Waals surface area (Å²) in [6.45, 7) is 9.19. The van der Waals surface area contributed by atoms with E-state index in [-0.39, 0.29) is 5.91 Å². The molecule has 1 amide bonds. The van der Waals surface area contributed by atoms with Crippen LogP contribution in [0.15, 0.2) is 42.5 Å². The topological polar surface area (TPSA) is 46.1 Å². The Morgan fingerprint density at radius 3 is 2.54 bits per heavy atom. The van der Waals surface area contributed by atoms with Crippen LogP contribution in [0.25, 0.3) is 21.8 Å². The maximum atomic E-state index is 12.6. The normalized spacial score (nSPS) is 11.6. The van der Waals surface area contributed by atoms with Crippen molar-refractivity contribution in [3.05, 3.63) is 48.0 Å². The van der Waals surface area contributed by atoms with Gasteiger partial charge in [-0.1, -0.05) is 50.4 Å². The second kappa shape index (κ2) is 9.99. The highest BCUT2D eigenvalue weighted by Gasteiger charge is 2.12. The first kappa shape index (κ1) is 20.7. The Morgan fingerprint density at radius 1 is 1.00 bits per heavy atom. The maximum Gasteiger partial charge on any atom is 0.251 e. The van der Waals surface area contributed by atoms with E-state index in [1.54, 1.807) is 11.9 Å². The molecule has 0 spiro atoms. The van der Waals surface area contributed by atoms with Crippen molar-refractivity contribution in [1.29, 1.82) is 0 Å². The average molecular weight is 398 g/mol. The summed E-state index contributed by atoms with van der Waals surface area (Å²) in [4.78, 5) is 12.6. The number of hydrogen-bond acceptors (Lipinski definition) is 3. The maximum absolute atomic E-state index is 12.6. The van der Waals surface area contributed by atoms with Gasteiger partial charge in [-0.25, -0.2) is 0 Å². The summed E-state index contributed by atoms with van der Waals surface area (Å²) in [5.74, 6) is 0.0173. The van der Waals surface area contributed by atoms with Crippen molar-refractivity contribution in [3.8, 4) is 0 Å². The van der Waals surface area contributed by atoms with Crippen LogP contribution in [0.3, 0.4) is 0 Å². The number of nitrogens with zero attached hydrogens (tertiary/aromatic N) is 1. The van der Waals surface area contributed by atoms with Crippen LogP contribution in [-0.4, -0.2) is 28.8 Å². The van der Waals surface area contributed by atoms with Gasteiger partial charge in [0.25, 0.3) is 5.91 Å². The van der Waals surface area contributed by atoms with Gasteiger partial charge in [-0.05, 0) is 44.0 Å². The minimum atomic E-state index is 0.0173. The molecule has 0 fully saturated rings. The number of carbonyl (C=O) groups is 1. The number of hydrogen-bond donors (Lipinski definition) is 2. The number of rotatable bonds is 10. The van der Waals surface area contributed by atoms with Gasteiger partial charge < -0.3 is 9.88 Å². The fourth-order valence-corrected chi connectivity index (χ4v) is 4.16. The Labute approximate surface area is 172 Å². The number of carbonyl (C=O) groups excluding carboxylic acids is 1. The van der Waals surface area contributed by atoms with E-state index in [1.165, 1.54) is 16.4 Å². The second-order valence-electron chi connectivity index (χ2n) is 7.37. The van der Waals surface area contributed by atoms with Crippen LogP contribution >= 0.6 is 11.9 Å². The smallest absolute Gasteiger partial charge is 0.251 e. The highest BCUT2D eigenvalue weighted by atomic mass is 32.2. The van der Waals surface area contributed by atoms with Crippen LogP contribution in [0.2, 0.25) is 0 Å².